The van der Waals surface area contributed by atoms with Gasteiger partial charge in [0, 0.05) is 24.7 Å². The van der Waals surface area contributed by atoms with Crippen LogP contribution in [0.3, 0.4) is 0 Å². The number of amides is 1. The highest BCUT2D eigenvalue weighted by Crippen LogP contribution is 2.14. The highest BCUT2D eigenvalue weighted by molar-refractivity contribution is 5.96. The minimum absolute atomic E-state index is 0.125. The minimum Gasteiger partial charge on any atom is -0.480 e. The van der Waals surface area contributed by atoms with E-state index in [9.17, 15) is 19.7 Å². The first kappa shape index (κ1) is 13.6. The number of carbonyl (C=O) groups is 2. The standard InChI is InChI=1S/C11H12N2O5/c1-7(11(15)16)12(2)10(14)8-3-5-9(6-4-8)13(17)18/h3-7H,1-2H3,(H,15,16)/t7-/m0/s1. The van der Waals surface area contributed by atoms with Crippen LogP contribution in [-0.4, -0.2) is 39.9 Å². The summed E-state index contributed by atoms with van der Waals surface area (Å²) in [6, 6.07) is 4.03. The average molecular weight is 252 g/mol. The van der Waals surface area contributed by atoms with Crippen LogP contribution in [-0.2, 0) is 4.79 Å². The van der Waals surface area contributed by atoms with Crippen molar-refractivity contribution < 1.29 is 19.6 Å². The maximum Gasteiger partial charge on any atom is 0.326 e. The first-order chi connectivity index (χ1) is 8.34. The van der Waals surface area contributed by atoms with E-state index in [-0.39, 0.29) is 11.3 Å². The van der Waals surface area contributed by atoms with Gasteiger partial charge in [-0.05, 0) is 19.1 Å². The predicted octanol–water partition coefficient (Wildman–Crippen LogP) is 1.14. The molecule has 0 aliphatic heterocycles. The number of likely N-dealkylation sites (N-methyl/N-ethyl adjacent to an activating group) is 1. The number of carboxylic acids is 1. The lowest BCUT2D eigenvalue weighted by molar-refractivity contribution is -0.384. The summed E-state index contributed by atoms with van der Waals surface area (Å²) >= 11 is 0. The fraction of sp³-hybridized carbons (Fsp3) is 0.273. The number of nitro benzene ring substituents is 1. The van der Waals surface area contributed by atoms with E-state index in [1.807, 2.05) is 0 Å². The lowest BCUT2D eigenvalue weighted by Gasteiger charge is -2.21. The molecule has 7 nitrogen and oxygen atoms in total. The number of carboxylic acid groups (broad SMARTS) is 1. The molecule has 1 aromatic carbocycles. The van der Waals surface area contributed by atoms with E-state index < -0.39 is 22.8 Å². The molecule has 1 amide bonds. The molecular weight excluding hydrogens is 240 g/mol. The summed E-state index contributed by atoms with van der Waals surface area (Å²) < 4.78 is 0. The number of nitro groups is 1. The zero-order valence-corrected chi connectivity index (χ0v) is 9.86. The molecule has 1 rings (SSSR count). The first-order valence-corrected chi connectivity index (χ1v) is 5.09. The second kappa shape index (κ2) is 5.26. The van der Waals surface area contributed by atoms with E-state index in [4.69, 9.17) is 5.11 Å². The van der Waals surface area contributed by atoms with Crippen molar-refractivity contribution in [2.75, 3.05) is 7.05 Å². The summed E-state index contributed by atoms with van der Waals surface area (Å²) in [6.45, 7) is 1.38. The lowest BCUT2D eigenvalue weighted by Crippen LogP contribution is -2.40. The van der Waals surface area contributed by atoms with Crippen molar-refractivity contribution in [3.8, 4) is 0 Å². The number of hydrogen-bond donors (Lipinski definition) is 1. The molecule has 0 radical (unpaired) electrons. The third-order valence-corrected chi connectivity index (χ3v) is 2.58. The summed E-state index contributed by atoms with van der Waals surface area (Å²) in [5.41, 5.74) is 0.0803. The average Bonchev–Trinajstić information content (AvgIpc) is 2.36. The molecule has 1 aromatic rings. The molecule has 0 spiro atoms. The topological polar surface area (TPSA) is 101 Å². The number of hydrogen-bond acceptors (Lipinski definition) is 4. The van der Waals surface area contributed by atoms with Crippen LogP contribution < -0.4 is 0 Å². The first-order valence-electron chi connectivity index (χ1n) is 5.09. The number of aliphatic carboxylic acids is 1. The number of benzene rings is 1. The molecule has 0 aromatic heterocycles. The Morgan fingerprint density at radius 3 is 2.22 bits per heavy atom. The van der Waals surface area contributed by atoms with Gasteiger partial charge in [0.15, 0.2) is 0 Å². The fourth-order valence-electron chi connectivity index (χ4n) is 1.27. The summed E-state index contributed by atoms with van der Waals surface area (Å²) in [5.74, 6) is -1.62. The van der Waals surface area contributed by atoms with Gasteiger partial charge in [-0.3, -0.25) is 14.9 Å². The highest BCUT2D eigenvalue weighted by atomic mass is 16.6. The Kier molecular flexibility index (Phi) is 3.98. The summed E-state index contributed by atoms with van der Waals surface area (Å²) in [4.78, 5) is 33.5. The fourth-order valence-corrected chi connectivity index (χ4v) is 1.27. The predicted molar refractivity (Wildman–Crippen MR) is 62.3 cm³/mol. The van der Waals surface area contributed by atoms with E-state index in [0.29, 0.717) is 0 Å². The van der Waals surface area contributed by atoms with Gasteiger partial charge in [-0.1, -0.05) is 0 Å². The smallest absolute Gasteiger partial charge is 0.326 e. The Morgan fingerprint density at radius 2 is 1.83 bits per heavy atom. The number of non-ortho nitro benzene ring substituents is 1. The van der Waals surface area contributed by atoms with Gasteiger partial charge in [0.25, 0.3) is 11.6 Å². The molecule has 1 N–H and O–H groups in total. The molecule has 1 atom stereocenters. The molecule has 18 heavy (non-hydrogen) atoms. The zero-order valence-electron chi connectivity index (χ0n) is 9.86. The van der Waals surface area contributed by atoms with Crippen molar-refractivity contribution in [1.82, 2.24) is 4.90 Å². The third kappa shape index (κ3) is 2.82. The van der Waals surface area contributed by atoms with E-state index in [1.165, 1.54) is 38.2 Å². The molecule has 0 aliphatic rings. The monoisotopic (exact) mass is 252 g/mol. The summed E-state index contributed by atoms with van der Waals surface area (Å²) in [5, 5.41) is 19.2. The summed E-state index contributed by atoms with van der Waals surface area (Å²) in [7, 11) is 1.36. The van der Waals surface area contributed by atoms with Gasteiger partial charge in [0.05, 0.1) is 4.92 Å². The van der Waals surface area contributed by atoms with Crippen molar-refractivity contribution in [2.45, 2.75) is 13.0 Å². The Labute approximate surface area is 103 Å². The molecule has 0 bridgehead atoms. The van der Waals surface area contributed by atoms with E-state index in [0.717, 1.165) is 4.90 Å². The van der Waals surface area contributed by atoms with Crippen LogP contribution in [0, 0.1) is 10.1 Å². The van der Waals surface area contributed by atoms with Gasteiger partial charge in [-0.2, -0.15) is 0 Å². The van der Waals surface area contributed by atoms with Crippen molar-refractivity contribution in [3.63, 3.8) is 0 Å². The molecule has 0 fully saturated rings. The Balaban J connectivity index is 2.90. The third-order valence-electron chi connectivity index (χ3n) is 2.58. The number of carbonyl (C=O) groups excluding carboxylic acids is 1. The highest BCUT2D eigenvalue weighted by Gasteiger charge is 2.22. The van der Waals surface area contributed by atoms with Gasteiger partial charge in [0.1, 0.15) is 6.04 Å². The number of nitrogens with zero attached hydrogens (tertiary/aromatic N) is 2. The van der Waals surface area contributed by atoms with Crippen molar-refractivity contribution in [3.05, 3.63) is 39.9 Å². The molecule has 7 heteroatoms. The van der Waals surface area contributed by atoms with Gasteiger partial charge in [-0.15, -0.1) is 0 Å². The summed E-state index contributed by atoms with van der Waals surface area (Å²) in [6.07, 6.45) is 0. The van der Waals surface area contributed by atoms with Crippen LogP contribution in [0.2, 0.25) is 0 Å². The van der Waals surface area contributed by atoms with Crippen molar-refractivity contribution >= 4 is 17.6 Å². The largest absolute Gasteiger partial charge is 0.480 e. The van der Waals surface area contributed by atoms with Crippen molar-refractivity contribution in [1.29, 1.82) is 0 Å². The quantitative estimate of drug-likeness (QED) is 0.639. The molecular formula is C11H12N2O5. The minimum atomic E-state index is -1.12. The van der Waals surface area contributed by atoms with Crippen molar-refractivity contribution in [2.24, 2.45) is 0 Å². The zero-order chi connectivity index (χ0) is 13.9. The normalized spacial score (nSPS) is 11.7. The second-order valence-electron chi connectivity index (χ2n) is 3.73. The van der Waals surface area contributed by atoms with E-state index in [2.05, 4.69) is 0 Å². The van der Waals surface area contributed by atoms with Crippen LogP contribution in [0.4, 0.5) is 5.69 Å². The SMILES string of the molecule is C[C@@H](C(=O)O)N(C)C(=O)c1ccc([N+](=O)[O-])cc1. The molecule has 0 unspecified atom stereocenters. The maximum atomic E-state index is 11.9. The lowest BCUT2D eigenvalue weighted by atomic mass is 10.1. The van der Waals surface area contributed by atoms with E-state index in [1.54, 1.807) is 0 Å². The van der Waals surface area contributed by atoms with Crippen LogP contribution in [0.5, 0.6) is 0 Å². The Bertz CT molecular complexity index is 483. The van der Waals surface area contributed by atoms with Gasteiger partial charge in [-0.25, -0.2) is 4.79 Å². The van der Waals surface area contributed by atoms with Crippen LogP contribution in [0.1, 0.15) is 17.3 Å². The maximum absolute atomic E-state index is 11.9. The number of rotatable bonds is 4. The van der Waals surface area contributed by atoms with Gasteiger partial charge in [0.2, 0.25) is 0 Å². The van der Waals surface area contributed by atoms with Crippen LogP contribution in [0.25, 0.3) is 0 Å². The molecule has 0 saturated carbocycles. The molecule has 0 saturated heterocycles. The van der Waals surface area contributed by atoms with Crippen LogP contribution in [0.15, 0.2) is 24.3 Å². The van der Waals surface area contributed by atoms with E-state index >= 15 is 0 Å². The van der Waals surface area contributed by atoms with Gasteiger partial charge < -0.3 is 10.0 Å². The van der Waals surface area contributed by atoms with Gasteiger partial charge >= 0.3 is 5.97 Å². The molecule has 0 aliphatic carbocycles. The Hall–Kier alpha value is -2.44. The molecule has 0 heterocycles. The Morgan fingerprint density at radius 1 is 1.33 bits per heavy atom. The molecule has 96 valence electrons. The van der Waals surface area contributed by atoms with Crippen LogP contribution >= 0.6 is 0 Å². The second-order valence-corrected chi connectivity index (χ2v) is 3.73.